The lowest BCUT2D eigenvalue weighted by molar-refractivity contribution is -0.142. The average molecular weight is 399 g/mol. The summed E-state index contributed by atoms with van der Waals surface area (Å²) >= 11 is 0. The fourth-order valence-electron chi connectivity index (χ4n) is 3.41. The van der Waals surface area contributed by atoms with Crippen molar-refractivity contribution in [2.75, 3.05) is 20.8 Å². The third-order valence-electron chi connectivity index (χ3n) is 5.02. The summed E-state index contributed by atoms with van der Waals surface area (Å²) in [6.07, 6.45) is 1.18. The van der Waals surface area contributed by atoms with Crippen LogP contribution < -0.4 is 19.5 Å². The largest absolute Gasteiger partial charge is 0.493 e. The summed E-state index contributed by atoms with van der Waals surface area (Å²) in [7, 11) is 3.11. The van der Waals surface area contributed by atoms with Crippen LogP contribution in [0.1, 0.15) is 29.7 Å². The van der Waals surface area contributed by atoms with E-state index in [4.69, 9.17) is 14.2 Å². The molecule has 2 atom stereocenters. The lowest BCUT2D eigenvalue weighted by Gasteiger charge is -2.19. The van der Waals surface area contributed by atoms with Gasteiger partial charge in [0.1, 0.15) is 5.75 Å². The standard InChI is InChI=1S/C22H25NO6/c1-13(10-14-4-6-18(27-2)19(11-14)28-3)21(24)23-20(22(25)26)16-5-7-17-15(12-16)8-9-29-17/h4-7,11-13,20H,8-10H2,1-3H3,(H,23,24)(H,25,26). The quantitative estimate of drug-likeness (QED) is 0.709. The van der Waals surface area contributed by atoms with Crippen LogP contribution in [0.15, 0.2) is 36.4 Å². The summed E-state index contributed by atoms with van der Waals surface area (Å²) in [5.74, 6) is 0.111. The van der Waals surface area contributed by atoms with E-state index in [-0.39, 0.29) is 5.91 Å². The average Bonchev–Trinajstić information content (AvgIpc) is 3.19. The van der Waals surface area contributed by atoms with Crippen LogP contribution in [0.3, 0.4) is 0 Å². The van der Waals surface area contributed by atoms with Crippen LogP contribution in [0, 0.1) is 5.92 Å². The van der Waals surface area contributed by atoms with Gasteiger partial charge in [-0.05, 0) is 47.4 Å². The molecule has 2 N–H and O–H groups in total. The molecule has 0 saturated heterocycles. The molecule has 1 aliphatic rings. The van der Waals surface area contributed by atoms with Gasteiger partial charge in [0.15, 0.2) is 17.5 Å². The van der Waals surface area contributed by atoms with Crippen LogP contribution in [0.4, 0.5) is 0 Å². The summed E-state index contributed by atoms with van der Waals surface area (Å²) in [4.78, 5) is 24.5. The molecule has 0 aliphatic carbocycles. The molecule has 2 aromatic carbocycles. The van der Waals surface area contributed by atoms with E-state index in [0.717, 1.165) is 23.3 Å². The molecule has 2 unspecified atom stereocenters. The van der Waals surface area contributed by atoms with E-state index in [1.54, 1.807) is 45.4 Å². The summed E-state index contributed by atoms with van der Waals surface area (Å²) < 4.78 is 16.0. The van der Waals surface area contributed by atoms with Gasteiger partial charge >= 0.3 is 5.97 Å². The van der Waals surface area contributed by atoms with Gasteiger partial charge in [0.25, 0.3) is 0 Å². The normalized spacial score (nSPS) is 14.3. The van der Waals surface area contributed by atoms with Crippen molar-refractivity contribution in [2.45, 2.75) is 25.8 Å². The number of ether oxygens (including phenoxy) is 3. The molecule has 0 radical (unpaired) electrons. The van der Waals surface area contributed by atoms with E-state index in [1.165, 1.54) is 0 Å². The molecule has 3 rings (SSSR count). The SMILES string of the molecule is COc1ccc(CC(C)C(=O)NC(C(=O)O)c2ccc3c(c2)CCO3)cc1OC. The smallest absolute Gasteiger partial charge is 0.330 e. The number of hydrogen-bond donors (Lipinski definition) is 2. The molecule has 154 valence electrons. The van der Waals surface area contributed by atoms with E-state index in [9.17, 15) is 14.7 Å². The number of carboxylic acids is 1. The maximum Gasteiger partial charge on any atom is 0.330 e. The van der Waals surface area contributed by atoms with Crippen molar-refractivity contribution in [3.05, 3.63) is 53.1 Å². The van der Waals surface area contributed by atoms with Crippen molar-refractivity contribution in [1.29, 1.82) is 0 Å². The van der Waals surface area contributed by atoms with E-state index in [2.05, 4.69) is 5.32 Å². The summed E-state index contributed by atoms with van der Waals surface area (Å²) in [6, 6.07) is 9.58. The van der Waals surface area contributed by atoms with Crippen LogP contribution >= 0.6 is 0 Å². The Morgan fingerprint density at radius 3 is 2.59 bits per heavy atom. The zero-order chi connectivity index (χ0) is 21.0. The fraction of sp³-hybridized carbons (Fsp3) is 0.364. The number of aliphatic carboxylic acids is 1. The van der Waals surface area contributed by atoms with Gasteiger partial charge in [-0.1, -0.05) is 19.1 Å². The van der Waals surface area contributed by atoms with Gasteiger partial charge in [-0.15, -0.1) is 0 Å². The predicted molar refractivity (Wildman–Crippen MR) is 107 cm³/mol. The number of benzene rings is 2. The van der Waals surface area contributed by atoms with Crippen molar-refractivity contribution in [1.82, 2.24) is 5.32 Å². The van der Waals surface area contributed by atoms with E-state index < -0.39 is 17.9 Å². The molecular weight excluding hydrogens is 374 g/mol. The molecule has 1 aliphatic heterocycles. The Morgan fingerprint density at radius 2 is 1.90 bits per heavy atom. The van der Waals surface area contributed by atoms with Gasteiger partial charge in [0, 0.05) is 12.3 Å². The number of amides is 1. The van der Waals surface area contributed by atoms with Crippen molar-refractivity contribution in [2.24, 2.45) is 5.92 Å². The molecule has 0 aromatic heterocycles. The second-order valence-electron chi connectivity index (χ2n) is 7.04. The highest BCUT2D eigenvalue weighted by atomic mass is 16.5. The number of methoxy groups -OCH3 is 2. The molecule has 29 heavy (non-hydrogen) atoms. The minimum Gasteiger partial charge on any atom is -0.493 e. The molecule has 7 heteroatoms. The number of rotatable bonds is 8. The molecule has 1 heterocycles. The van der Waals surface area contributed by atoms with Gasteiger partial charge in [-0.3, -0.25) is 4.79 Å². The van der Waals surface area contributed by atoms with Crippen LogP contribution in [0.5, 0.6) is 17.2 Å². The Balaban J connectivity index is 1.70. The van der Waals surface area contributed by atoms with Gasteiger partial charge in [-0.25, -0.2) is 4.79 Å². The Hall–Kier alpha value is -3.22. The van der Waals surface area contributed by atoms with Crippen LogP contribution in [0.2, 0.25) is 0 Å². The summed E-state index contributed by atoms with van der Waals surface area (Å²) in [5, 5.41) is 12.3. The first-order chi connectivity index (χ1) is 13.9. The minimum atomic E-state index is -1.11. The number of hydrogen-bond acceptors (Lipinski definition) is 5. The first-order valence-electron chi connectivity index (χ1n) is 9.42. The zero-order valence-electron chi connectivity index (χ0n) is 16.7. The van der Waals surface area contributed by atoms with Crippen molar-refractivity contribution >= 4 is 11.9 Å². The van der Waals surface area contributed by atoms with Gasteiger partial charge in [0.2, 0.25) is 5.91 Å². The lowest BCUT2D eigenvalue weighted by Crippen LogP contribution is -2.37. The number of carbonyl (C=O) groups is 2. The van der Waals surface area contributed by atoms with Gasteiger partial charge < -0.3 is 24.6 Å². The molecule has 7 nitrogen and oxygen atoms in total. The number of carbonyl (C=O) groups excluding carboxylic acids is 1. The summed E-state index contributed by atoms with van der Waals surface area (Å²) in [6.45, 7) is 2.35. The molecule has 0 saturated carbocycles. The Labute approximate surface area is 169 Å². The summed E-state index contributed by atoms with van der Waals surface area (Å²) in [5.41, 5.74) is 2.39. The molecule has 1 amide bonds. The van der Waals surface area contributed by atoms with E-state index in [1.807, 2.05) is 12.1 Å². The topological polar surface area (TPSA) is 94.1 Å². The molecule has 0 spiro atoms. The third-order valence-corrected chi connectivity index (χ3v) is 5.02. The van der Waals surface area contributed by atoms with Crippen molar-refractivity contribution < 1.29 is 28.9 Å². The van der Waals surface area contributed by atoms with Crippen molar-refractivity contribution in [3.63, 3.8) is 0 Å². The second-order valence-corrected chi connectivity index (χ2v) is 7.04. The highest BCUT2D eigenvalue weighted by Crippen LogP contribution is 2.30. The van der Waals surface area contributed by atoms with Crippen LogP contribution in [-0.2, 0) is 22.4 Å². The van der Waals surface area contributed by atoms with Crippen molar-refractivity contribution in [3.8, 4) is 17.2 Å². The molecular formula is C22H25NO6. The highest BCUT2D eigenvalue weighted by Gasteiger charge is 2.26. The molecule has 0 bridgehead atoms. The minimum absolute atomic E-state index is 0.330. The van der Waals surface area contributed by atoms with Crippen LogP contribution in [0.25, 0.3) is 0 Å². The zero-order valence-corrected chi connectivity index (χ0v) is 16.7. The predicted octanol–water partition coefficient (Wildman–Crippen LogP) is 2.76. The third kappa shape index (κ3) is 4.62. The monoisotopic (exact) mass is 399 g/mol. The lowest BCUT2D eigenvalue weighted by atomic mass is 9.98. The maximum atomic E-state index is 12.7. The fourth-order valence-corrected chi connectivity index (χ4v) is 3.41. The Kier molecular flexibility index (Phi) is 6.26. The maximum absolute atomic E-state index is 12.7. The number of fused-ring (bicyclic) bond motifs is 1. The first kappa shape index (κ1) is 20.5. The second kappa shape index (κ2) is 8.86. The van der Waals surface area contributed by atoms with Crippen LogP contribution in [-0.4, -0.2) is 37.8 Å². The molecule has 2 aromatic rings. The Bertz CT molecular complexity index is 910. The number of carboxylic acid groups (broad SMARTS) is 1. The number of nitrogens with one attached hydrogen (secondary N) is 1. The van der Waals surface area contributed by atoms with Gasteiger partial charge in [-0.2, -0.15) is 0 Å². The van der Waals surface area contributed by atoms with Gasteiger partial charge in [0.05, 0.1) is 20.8 Å². The van der Waals surface area contributed by atoms with E-state index in [0.29, 0.717) is 30.1 Å². The molecule has 0 fully saturated rings. The highest BCUT2D eigenvalue weighted by molar-refractivity contribution is 5.86. The Morgan fingerprint density at radius 1 is 1.14 bits per heavy atom. The first-order valence-corrected chi connectivity index (χ1v) is 9.42. The van der Waals surface area contributed by atoms with E-state index >= 15 is 0 Å².